The molecule has 0 aromatic heterocycles. The second-order valence-corrected chi connectivity index (χ2v) is 5.92. The lowest BCUT2D eigenvalue weighted by molar-refractivity contribution is 0.0867. The monoisotopic (exact) mass is 261 g/mol. The van der Waals surface area contributed by atoms with Crippen molar-refractivity contribution in [2.45, 2.75) is 52.7 Å². The molecule has 3 unspecified atom stereocenters. The molecule has 1 aliphatic rings. The number of benzene rings is 1. The molecule has 0 bridgehead atoms. The van der Waals surface area contributed by atoms with Crippen LogP contribution >= 0.6 is 0 Å². The number of aryl methyl sites for hydroxylation is 2. The van der Waals surface area contributed by atoms with Gasteiger partial charge in [-0.15, -0.1) is 0 Å². The highest BCUT2D eigenvalue weighted by molar-refractivity contribution is 5.30. The van der Waals surface area contributed by atoms with Crippen molar-refractivity contribution in [3.8, 4) is 0 Å². The minimum atomic E-state index is 0.414. The molecule has 1 fully saturated rings. The lowest BCUT2D eigenvalue weighted by atomic mass is 9.98. The van der Waals surface area contributed by atoms with E-state index in [0.717, 1.165) is 19.6 Å². The van der Waals surface area contributed by atoms with Gasteiger partial charge in [-0.1, -0.05) is 36.2 Å². The fourth-order valence-electron chi connectivity index (χ4n) is 3.08. The van der Waals surface area contributed by atoms with E-state index < -0.39 is 0 Å². The van der Waals surface area contributed by atoms with Gasteiger partial charge in [-0.2, -0.15) is 0 Å². The van der Waals surface area contributed by atoms with Crippen LogP contribution in [0, 0.1) is 19.8 Å². The van der Waals surface area contributed by atoms with Gasteiger partial charge in [-0.3, -0.25) is 0 Å². The third-order valence-corrected chi connectivity index (χ3v) is 4.18. The maximum atomic E-state index is 5.75. The van der Waals surface area contributed by atoms with Crippen LogP contribution in [0.5, 0.6) is 0 Å². The van der Waals surface area contributed by atoms with Crippen molar-refractivity contribution in [2.75, 3.05) is 13.2 Å². The first-order valence-corrected chi connectivity index (χ1v) is 7.53. The van der Waals surface area contributed by atoms with Crippen LogP contribution in [-0.4, -0.2) is 19.3 Å². The molecule has 19 heavy (non-hydrogen) atoms. The number of ether oxygens (including phenoxy) is 1. The van der Waals surface area contributed by atoms with Gasteiger partial charge in [0.15, 0.2) is 0 Å². The van der Waals surface area contributed by atoms with Gasteiger partial charge in [0, 0.05) is 19.2 Å². The molecule has 0 amide bonds. The molecular weight excluding hydrogens is 234 g/mol. The first-order valence-electron chi connectivity index (χ1n) is 7.53. The lowest BCUT2D eigenvalue weighted by Crippen LogP contribution is -2.30. The van der Waals surface area contributed by atoms with Crippen molar-refractivity contribution in [3.05, 3.63) is 34.9 Å². The molecule has 1 aliphatic heterocycles. The van der Waals surface area contributed by atoms with Gasteiger partial charge in [0.05, 0.1) is 6.10 Å². The molecular formula is C17H27NO. The van der Waals surface area contributed by atoms with Crippen LogP contribution in [-0.2, 0) is 4.74 Å². The van der Waals surface area contributed by atoms with E-state index in [9.17, 15) is 0 Å². The summed E-state index contributed by atoms with van der Waals surface area (Å²) in [6, 6.07) is 7.21. The molecule has 1 N–H and O–H groups in total. The number of hydrogen-bond acceptors (Lipinski definition) is 2. The van der Waals surface area contributed by atoms with Crippen LogP contribution in [0.15, 0.2) is 18.2 Å². The average molecular weight is 261 g/mol. The molecule has 0 saturated carbocycles. The fourth-order valence-corrected chi connectivity index (χ4v) is 3.08. The Kier molecular flexibility index (Phi) is 5.00. The van der Waals surface area contributed by atoms with E-state index >= 15 is 0 Å². The Morgan fingerprint density at radius 3 is 2.58 bits per heavy atom. The van der Waals surface area contributed by atoms with Crippen LogP contribution in [0.1, 0.15) is 49.4 Å². The van der Waals surface area contributed by atoms with Gasteiger partial charge in [-0.05, 0) is 45.1 Å². The zero-order valence-corrected chi connectivity index (χ0v) is 12.7. The van der Waals surface area contributed by atoms with Crippen LogP contribution in [0.2, 0.25) is 0 Å². The summed E-state index contributed by atoms with van der Waals surface area (Å²) in [6.45, 7) is 10.8. The molecule has 1 aromatic rings. The average Bonchev–Trinajstić information content (AvgIpc) is 2.82. The summed E-state index contributed by atoms with van der Waals surface area (Å²) in [5.41, 5.74) is 4.09. The molecule has 2 heteroatoms. The summed E-state index contributed by atoms with van der Waals surface area (Å²) in [5.74, 6) is 0.679. The Morgan fingerprint density at radius 1 is 1.26 bits per heavy atom. The first-order chi connectivity index (χ1) is 9.10. The molecule has 2 nitrogen and oxygen atoms in total. The van der Waals surface area contributed by atoms with Crippen LogP contribution in [0.3, 0.4) is 0 Å². The van der Waals surface area contributed by atoms with E-state index in [0.29, 0.717) is 18.1 Å². The van der Waals surface area contributed by atoms with Gasteiger partial charge >= 0.3 is 0 Å². The topological polar surface area (TPSA) is 21.3 Å². The molecule has 0 aliphatic carbocycles. The Morgan fingerprint density at radius 2 is 1.95 bits per heavy atom. The molecule has 2 rings (SSSR count). The highest BCUT2D eigenvalue weighted by Crippen LogP contribution is 2.24. The summed E-state index contributed by atoms with van der Waals surface area (Å²) in [5, 5.41) is 3.68. The van der Waals surface area contributed by atoms with Crippen molar-refractivity contribution in [1.29, 1.82) is 0 Å². The van der Waals surface area contributed by atoms with E-state index in [2.05, 4.69) is 51.2 Å². The standard InChI is InChI=1S/C17H27NO/c1-5-17-15(6-7-19-17)11-18-14(4)16-9-12(2)8-13(3)10-16/h8-10,14-15,17-18H,5-7,11H2,1-4H3. The highest BCUT2D eigenvalue weighted by Gasteiger charge is 2.26. The maximum Gasteiger partial charge on any atom is 0.0613 e. The second kappa shape index (κ2) is 6.53. The molecule has 3 atom stereocenters. The summed E-state index contributed by atoms with van der Waals surface area (Å²) >= 11 is 0. The fraction of sp³-hybridized carbons (Fsp3) is 0.647. The maximum absolute atomic E-state index is 5.75. The Hall–Kier alpha value is -0.860. The van der Waals surface area contributed by atoms with E-state index in [-0.39, 0.29) is 0 Å². The number of rotatable bonds is 5. The van der Waals surface area contributed by atoms with Crippen molar-refractivity contribution in [3.63, 3.8) is 0 Å². The predicted octanol–water partition coefficient (Wildman–Crippen LogP) is 3.77. The van der Waals surface area contributed by atoms with Crippen molar-refractivity contribution < 1.29 is 4.74 Å². The first kappa shape index (κ1) is 14.5. The summed E-state index contributed by atoms with van der Waals surface area (Å²) < 4.78 is 5.75. The Labute approximate surface area is 117 Å². The third-order valence-electron chi connectivity index (χ3n) is 4.18. The third kappa shape index (κ3) is 3.80. The van der Waals surface area contributed by atoms with Gasteiger partial charge in [0.2, 0.25) is 0 Å². The molecule has 106 valence electrons. The van der Waals surface area contributed by atoms with Crippen molar-refractivity contribution in [2.24, 2.45) is 5.92 Å². The molecule has 1 heterocycles. The van der Waals surface area contributed by atoms with E-state index in [1.807, 2.05) is 0 Å². The molecule has 1 aromatic carbocycles. The minimum Gasteiger partial charge on any atom is -0.378 e. The molecule has 0 spiro atoms. The Balaban J connectivity index is 1.91. The SMILES string of the molecule is CCC1OCCC1CNC(C)c1cc(C)cc(C)c1. The van der Waals surface area contributed by atoms with Crippen LogP contribution in [0.25, 0.3) is 0 Å². The summed E-state index contributed by atoms with van der Waals surface area (Å²) in [7, 11) is 0. The van der Waals surface area contributed by atoms with Gasteiger partial charge in [-0.25, -0.2) is 0 Å². The normalized spacial score (nSPS) is 24.6. The van der Waals surface area contributed by atoms with Crippen LogP contribution < -0.4 is 5.32 Å². The zero-order chi connectivity index (χ0) is 13.8. The lowest BCUT2D eigenvalue weighted by Gasteiger charge is -2.21. The van der Waals surface area contributed by atoms with Gasteiger partial charge < -0.3 is 10.1 Å². The van der Waals surface area contributed by atoms with E-state index in [1.54, 1.807) is 0 Å². The van der Waals surface area contributed by atoms with E-state index in [1.165, 1.54) is 23.1 Å². The molecule has 0 radical (unpaired) electrons. The highest BCUT2D eigenvalue weighted by atomic mass is 16.5. The minimum absolute atomic E-state index is 0.414. The van der Waals surface area contributed by atoms with Crippen LogP contribution in [0.4, 0.5) is 0 Å². The smallest absolute Gasteiger partial charge is 0.0613 e. The molecule has 1 saturated heterocycles. The number of nitrogens with one attached hydrogen (secondary N) is 1. The summed E-state index contributed by atoms with van der Waals surface area (Å²) in [6.07, 6.45) is 2.79. The zero-order valence-electron chi connectivity index (χ0n) is 12.7. The van der Waals surface area contributed by atoms with E-state index in [4.69, 9.17) is 4.74 Å². The predicted molar refractivity (Wildman–Crippen MR) is 80.5 cm³/mol. The quantitative estimate of drug-likeness (QED) is 0.871. The van der Waals surface area contributed by atoms with Gasteiger partial charge in [0.25, 0.3) is 0 Å². The largest absolute Gasteiger partial charge is 0.378 e. The Bertz CT molecular complexity index is 395. The summed E-state index contributed by atoms with van der Waals surface area (Å²) in [4.78, 5) is 0. The number of hydrogen-bond donors (Lipinski definition) is 1. The van der Waals surface area contributed by atoms with Gasteiger partial charge in [0.1, 0.15) is 0 Å². The van der Waals surface area contributed by atoms with Crippen molar-refractivity contribution >= 4 is 0 Å². The second-order valence-electron chi connectivity index (χ2n) is 5.92. The van der Waals surface area contributed by atoms with Crippen molar-refractivity contribution in [1.82, 2.24) is 5.32 Å².